The first kappa shape index (κ1) is 13.6. The minimum Gasteiger partial charge on any atom is -0.396 e. The molecule has 0 saturated carbocycles. The Bertz CT molecular complexity index is 363. The Morgan fingerprint density at radius 3 is 2.94 bits per heavy atom. The molecule has 0 aliphatic heterocycles. The van der Waals surface area contributed by atoms with Crippen molar-refractivity contribution in [1.82, 2.24) is 10.3 Å². The Morgan fingerprint density at radius 2 is 2.35 bits per heavy atom. The number of amides is 1. The van der Waals surface area contributed by atoms with Crippen LogP contribution in [0.25, 0.3) is 0 Å². The van der Waals surface area contributed by atoms with Gasteiger partial charge in [-0.25, -0.2) is 0 Å². The topological polar surface area (TPSA) is 71.5 Å². The van der Waals surface area contributed by atoms with Gasteiger partial charge >= 0.3 is 0 Å². The lowest BCUT2D eigenvalue weighted by Gasteiger charge is -2.16. The molecule has 1 heterocycles. The molecule has 1 amide bonds. The molecule has 0 aliphatic rings. The van der Waals surface area contributed by atoms with Gasteiger partial charge in [-0.2, -0.15) is 0 Å². The van der Waals surface area contributed by atoms with Crippen LogP contribution in [0.2, 0.25) is 0 Å². The van der Waals surface area contributed by atoms with Crippen LogP contribution in [-0.4, -0.2) is 42.4 Å². The summed E-state index contributed by atoms with van der Waals surface area (Å²) in [5, 5.41) is 11.7. The maximum Gasteiger partial charge on any atom is 0.253 e. The van der Waals surface area contributed by atoms with Gasteiger partial charge in [0.15, 0.2) is 0 Å². The quantitative estimate of drug-likeness (QED) is 0.758. The predicted molar refractivity (Wildman–Crippen MR) is 63.8 cm³/mol. The van der Waals surface area contributed by atoms with E-state index >= 15 is 0 Å². The van der Waals surface area contributed by atoms with Crippen LogP contribution in [0.3, 0.4) is 0 Å². The Labute approximate surface area is 101 Å². The summed E-state index contributed by atoms with van der Waals surface area (Å²) >= 11 is 0. The van der Waals surface area contributed by atoms with E-state index in [0.717, 1.165) is 5.56 Å². The first-order chi connectivity index (χ1) is 8.17. The van der Waals surface area contributed by atoms with Crippen molar-refractivity contribution in [2.75, 3.05) is 20.3 Å². The van der Waals surface area contributed by atoms with Gasteiger partial charge in [-0.05, 0) is 25.0 Å². The van der Waals surface area contributed by atoms with Crippen LogP contribution in [0.4, 0.5) is 0 Å². The highest BCUT2D eigenvalue weighted by Gasteiger charge is 2.13. The minimum absolute atomic E-state index is 0.0143. The van der Waals surface area contributed by atoms with Crippen molar-refractivity contribution < 1.29 is 14.6 Å². The average Bonchev–Trinajstić information content (AvgIpc) is 2.29. The van der Waals surface area contributed by atoms with Crippen LogP contribution in [-0.2, 0) is 4.74 Å². The van der Waals surface area contributed by atoms with E-state index in [1.165, 1.54) is 6.20 Å². The SMILES string of the molecule is COCC(CCO)NC(=O)c1cncc(C)c1. The van der Waals surface area contributed by atoms with Crippen molar-refractivity contribution in [2.45, 2.75) is 19.4 Å². The van der Waals surface area contributed by atoms with Crippen LogP contribution in [0.5, 0.6) is 0 Å². The lowest BCUT2D eigenvalue weighted by Crippen LogP contribution is -2.38. The number of nitrogens with one attached hydrogen (secondary N) is 1. The number of aryl methyl sites for hydroxylation is 1. The third-order valence-electron chi connectivity index (χ3n) is 2.32. The minimum atomic E-state index is -0.197. The zero-order chi connectivity index (χ0) is 12.7. The Balaban J connectivity index is 2.63. The maximum absolute atomic E-state index is 11.9. The zero-order valence-corrected chi connectivity index (χ0v) is 10.1. The number of hydrogen-bond donors (Lipinski definition) is 2. The number of carbonyl (C=O) groups is 1. The highest BCUT2D eigenvalue weighted by atomic mass is 16.5. The second-order valence-corrected chi connectivity index (χ2v) is 3.89. The van der Waals surface area contributed by atoms with Gasteiger partial charge in [-0.3, -0.25) is 9.78 Å². The van der Waals surface area contributed by atoms with Gasteiger partial charge in [-0.1, -0.05) is 0 Å². The van der Waals surface area contributed by atoms with E-state index in [0.29, 0.717) is 18.6 Å². The van der Waals surface area contributed by atoms with Crippen LogP contribution in [0.1, 0.15) is 22.3 Å². The van der Waals surface area contributed by atoms with Gasteiger partial charge in [0, 0.05) is 26.1 Å². The van der Waals surface area contributed by atoms with Gasteiger partial charge in [-0.15, -0.1) is 0 Å². The van der Waals surface area contributed by atoms with Crippen molar-refractivity contribution in [3.8, 4) is 0 Å². The number of aliphatic hydroxyl groups excluding tert-OH is 1. The number of nitrogens with zero attached hydrogens (tertiary/aromatic N) is 1. The summed E-state index contributed by atoms with van der Waals surface area (Å²) in [4.78, 5) is 15.8. The first-order valence-electron chi connectivity index (χ1n) is 5.49. The van der Waals surface area contributed by atoms with Crippen molar-refractivity contribution in [3.63, 3.8) is 0 Å². The molecule has 0 radical (unpaired) electrons. The standard InChI is InChI=1S/C12H18N2O3/c1-9-5-10(7-13-6-9)12(16)14-11(3-4-15)8-17-2/h5-7,11,15H,3-4,8H2,1-2H3,(H,14,16). The number of rotatable bonds is 6. The Morgan fingerprint density at radius 1 is 1.59 bits per heavy atom. The predicted octanol–water partition coefficient (Wildman–Crippen LogP) is 0.517. The molecule has 1 aromatic heterocycles. The van der Waals surface area contributed by atoms with Gasteiger partial charge in [0.25, 0.3) is 5.91 Å². The van der Waals surface area contributed by atoms with E-state index in [4.69, 9.17) is 9.84 Å². The summed E-state index contributed by atoms with van der Waals surface area (Å²) in [6.07, 6.45) is 3.68. The fourth-order valence-corrected chi connectivity index (χ4v) is 1.50. The molecule has 94 valence electrons. The van der Waals surface area contributed by atoms with E-state index in [-0.39, 0.29) is 18.6 Å². The van der Waals surface area contributed by atoms with E-state index in [1.54, 1.807) is 19.4 Å². The molecule has 0 aliphatic carbocycles. The number of hydrogen-bond acceptors (Lipinski definition) is 4. The van der Waals surface area contributed by atoms with Crippen LogP contribution in [0.15, 0.2) is 18.5 Å². The van der Waals surface area contributed by atoms with Crippen molar-refractivity contribution in [1.29, 1.82) is 0 Å². The Kier molecular flexibility index (Phi) is 5.59. The summed E-state index contributed by atoms with van der Waals surface area (Å²) in [7, 11) is 1.56. The third kappa shape index (κ3) is 4.50. The molecule has 1 rings (SSSR count). The largest absolute Gasteiger partial charge is 0.396 e. The van der Waals surface area contributed by atoms with Crippen molar-refractivity contribution >= 4 is 5.91 Å². The monoisotopic (exact) mass is 238 g/mol. The lowest BCUT2D eigenvalue weighted by molar-refractivity contribution is 0.0878. The second kappa shape index (κ2) is 6.98. The molecule has 0 aromatic carbocycles. The third-order valence-corrected chi connectivity index (χ3v) is 2.32. The molecule has 1 unspecified atom stereocenters. The number of carbonyl (C=O) groups excluding carboxylic acids is 1. The van der Waals surface area contributed by atoms with Crippen LogP contribution in [0, 0.1) is 6.92 Å². The van der Waals surface area contributed by atoms with Gasteiger partial charge < -0.3 is 15.2 Å². The molecule has 1 aromatic rings. The highest BCUT2D eigenvalue weighted by Crippen LogP contribution is 2.02. The first-order valence-corrected chi connectivity index (χ1v) is 5.49. The number of aliphatic hydroxyl groups is 1. The number of pyridine rings is 1. The lowest BCUT2D eigenvalue weighted by atomic mass is 10.1. The van der Waals surface area contributed by atoms with Gasteiger partial charge in [0.05, 0.1) is 18.2 Å². The second-order valence-electron chi connectivity index (χ2n) is 3.89. The fourth-order valence-electron chi connectivity index (χ4n) is 1.50. The van der Waals surface area contributed by atoms with Crippen molar-refractivity contribution in [3.05, 3.63) is 29.6 Å². The average molecular weight is 238 g/mol. The van der Waals surface area contributed by atoms with E-state index in [1.807, 2.05) is 6.92 Å². The normalized spacial score (nSPS) is 12.2. The number of methoxy groups -OCH3 is 1. The molecular formula is C12H18N2O3. The van der Waals surface area contributed by atoms with Gasteiger partial charge in [0.2, 0.25) is 0 Å². The molecule has 0 bridgehead atoms. The molecule has 0 saturated heterocycles. The van der Waals surface area contributed by atoms with E-state index in [9.17, 15) is 4.79 Å². The van der Waals surface area contributed by atoms with E-state index in [2.05, 4.69) is 10.3 Å². The molecule has 5 heteroatoms. The summed E-state index contributed by atoms with van der Waals surface area (Å²) in [5.41, 5.74) is 1.45. The van der Waals surface area contributed by atoms with Crippen molar-refractivity contribution in [2.24, 2.45) is 0 Å². The maximum atomic E-state index is 11.9. The molecule has 5 nitrogen and oxygen atoms in total. The molecular weight excluding hydrogens is 220 g/mol. The molecule has 0 fully saturated rings. The number of ether oxygens (including phenoxy) is 1. The summed E-state index contributed by atoms with van der Waals surface area (Å²) < 4.78 is 4.98. The number of aromatic nitrogens is 1. The van der Waals surface area contributed by atoms with Crippen LogP contribution >= 0.6 is 0 Å². The smallest absolute Gasteiger partial charge is 0.253 e. The fraction of sp³-hybridized carbons (Fsp3) is 0.500. The van der Waals surface area contributed by atoms with Gasteiger partial charge in [0.1, 0.15) is 0 Å². The highest BCUT2D eigenvalue weighted by molar-refractivity contribution is 5.94. The molecule has 17 heavy (non-hydrogen) atoms. The van der Waals surface area contributed by atoms with Crippen LogP contribution < -0.4 is 5.32 Å². The zero-order valence-electron chi connectivity index (χ0n) is 10.1. The van der Waals surface area contributed by atoms with E-state index < -0.39 is 0 Å². The molecule has 1 atom stereocenters. The molecule has 2 N–H and O–H groups in total. The summed E-state index contributed by atoms with van der Waals surface area (Å²) in [6.45, 7) is 2.27. The summed E-state index contributed by atoms with van der Waals surface area (Å²) in [6, 6.07) is 1.59. The summed E-state index contributed by atoms with van der Waals surface area (Å²) in [5.74, 6) is -0.197. The Hall–Kier alpha value is -1.46. The molecule has 0 spiro atoms.